The highest BCUT2D eigenvalue weighted by Crippen LogP contribution is 2.38. The molecule has 3 aromatic rings. The summed E-state index contributed by atoms with van der Waals surface area (Å²) in [5, 5.41) is 13.2. The van der Waals surface area contributed by atoms with Crippen LogP contribution in [0.1, 0.15) is 36.6 Å². The third-order valence-electron chi connectivity index (χ3n) is 5.38. The molecule has 0 bridgehead atoms. The fraction of sp³-hybridized carbons (Fsp3) is 0.421. The van der Waals surface area contributed by atoms with E-state index in [0.717, 1.165) is 48.7 Å². The van der Waals surface area contributed by atoms with Crippen LogP contribution in [0.15, 0.2) is 41.3 Å². The summed E-state index contributed by atoms with van der Waals surface area (Å²) < 4.78 is 30.0. The Balaban J connectivity index is 1.31. The number of sulfonamides is 1. The fourth-order valence-corrected chi connectivity index (χ4v) is 4.89. The van der Waals surface area contributed by atoms with Crippen molar-refractivity contribution in [1.82, 2.24) is 24.5 Å². The van der Waals surface area contributed by atoms with Crippen LogP contribution in [0.3, 0.4) is 0 Å². The average Bonchev–Trinajstić information content (AvgIpc) is 3.27. The van der Waals surface area contributed by atoms with Gasteiger partial charge in [-0.05, 0) is 50.5 Å². The van der Waals surface area contributed by atoms with Gasteiger partial charge in [0.15, 0.2) is 26.8 Å². The summed E-state index contributed by atoms with van der Waals surface area (Å²) in [7, 11) is -3.52. The highest BCUT2D eigenvalue weighted by Gasteiger charge is 2.32. The number of aryl methyl sites for hydroxylation is 1. The molecule has 5 rings (SSSR count). The van der Waals surface area contributed by atoms with Gasteiger partial charge in [0.2, 0.25) is 0 Å². The van der Waals surface area contributed by atoms with Crippen molar-refractivity contribution in [2.24, 2.45) is 0 Å². The standard InChI is InChI=1S/C19H22N6O2S/c1-13-2-6-16(7-3-13)28(26,27)23-15-10-11-24(12-15)18-9-8-17-20-21-19(14-4-5-14)25(17)22-18/h2-3,6-9,14-15H,4-5,10-12H2,1H3,(H-,23,26,27). The third-order valence-corrected chi connectivity index (χ3v) is 6.92. The number of rotatable bonds is 5. The summed E-state index contributed by atoms with van der Waals surface area (Å²) >= 11 is 0. The van der Waals surface area contributed by atoms with Crippen molar-refractivity contribution in [2.75, 3.05) is 18.0 Å². The third kappa shape index (κ3) is 3.30. The van der Waals surface area contributed by atoms with Crippen molar-refractivity contribution in [3.63, 3.8) is 0 Å². The Morgan fingerprint density at radius 2 is 1.89 bits per heavy atom. The largest absolute Gasteiger partial charge is 0.593 e. The molecule has 2 aliphatic rings. The SMILES string of the molecule is Cc1ccc([S+](=O)([O-])NC2CCN(c3ccc4nnc(C5CC5)n4n3)C2)cc1. The van der Waals surface area contributed by atoms with Gasteiger partial charge >= 0.3 is 0 Å². The second-order valence-corrected chi connectivity index (χ2v) is 9.37. The van der Waals surface area contributed by atoms with Gasteiger partial charge in [-0.3, -0.25) is 0 Å². The fourth-order valence-electron chi connectivity index (χ4n) is 3.63. The van der Waals surface area contributed by atoms with Crippen LogP contribution in [0.5, 0.6) is 0 Å². The Labute approximate surface area is 164 Å². The number of fused-ring (bicyclic) bond motifs is 1. The maximum atomic E-state index is 12.6. The predicted molar refractivity (Wildman–Crippen MR) is 105 cm³/mol. The molecule has 2 unspecified atom stereocenters. The first-order valence-corrected chi connectivity index (χ1v) is 11.0. The van der Waals surface area contributed by atoms with E-state index in [1.165, 1.54) is 0 Å². The maximum absolute atomic E-state index is 12.6. The molecule has 146 valence electrons. The van der Waals surface area contributed by atoms with Gasteiger partial charge in [-0.2, -0.15) is 4.52 Å². The maximum Gasteiger partial charge on any atom is 0.178 e. The van der Waals surface area contributed by atoms with Gasteiger partial charge in [-0.1, -0.05) is 21.9 Å². The zero-order valence-corrected chi connectivity index (χ0v) is 16.4. The normalized spacial score (nSPS) is 21.9. The summed E-state index contributed by atoms with van der Waals surface area (Å²) in [6.07, 6.45) is 3.01. The predicted octanol–water partition coefficient (Wildman–Crippen LogP) is 2.08. The number of nitrogens with one attached hydrogen (secondary N) is 1. The van der Waals surface area contributed by atoms with E-state index in [4.69, 9.17) is 5.10 Å². The molecule has 0 radical (unpaired) electrons. The van der Waals surface area contributed by atoms with Crippen molar-refractivity contribution in [1.29, 1.82) is 0 Å². The van der Waals surface area contributed by atoms with E-state index in [9.17, 15) is 8.76 Å². The van der Waals surface area contributed by atoms with E-state index in [1.807, 2.05) is 35.7 Å². The van der Waals surface area contributed by atoms with Gasteiger partial charge in [-0.25, -0.2) is 0 Å². The molecule has 2 atom stereocenters. The van der Waals surface area contributed by atoms with Gasteiger partial charge in [0.05, 0.1) is 6.04 Å². The monoisotopic (exact) mass is 398 g/mol. The summed E-state index contributed by atoms with van der Waals surface area (Å²) in [6, 6.07) is 10.6. The summed E-state index contributed by atoms with van der Waals surface area (Å²) in [5.41, 5.74) is 1.79. The number of hydrogen-bond donors (Lipinski definition) is 1. The number of hydrogen-bond acceptors (Lipinski definition) is 6. The van der Waals surface area contributed by atoms with Gasteiger partial charge in [0.1, 0.15) is 5.82 Å². The van der Waals surface area contributed by atoms with Crippen LogP contribution in [0.2, 0.25) is 0 Å². The molecule has 2 fully saturated rings. The van der Waals surface area contributed by atoms with Crippen LogP contribution in [-0.4, -0.2) is 43.5 Å². The summed E-state index contributed by atoms with van der Waals surface area (Å²) in [5.74, 6) is 2.21. The molecule has 28 heavy (non-hydrogen) atoms. The second-order valence-electron chi connectivity index (χ2n) is 7.66. The van der Waals surface area contributed by atoms with E-state index in [0.29, 0.717) is 17.4 Å². The van der Waals surface area contributed by atoms with Crippen molar-refractivity contribution in [3.8, 4) is 0 Å². The molecule has 1 N–H and O–H groups in total. The lowest BCUT2D eigenvalue weighted by Gasteiger charge is -2.20. The Morgan fingerprint density at radius 1 is 1.11 bits per heavy atom. The Hall–Kier alpha value is -2.36. The molecular weight excluding hydrogens is 376 g/mol. The molecule has 1 aliphatic heterocycles. The van der Waals surface area contributed by atoms with Gasteiger partial charge in [0, 0.05) is 19.0 Å². The molecule has 0 amide bonds. The molecule has 1 aromatic carbocycles. The number of aromatic nitrogens is 4. The first-order valence-electron chi connectivity index (χ1n) is 9.56. The number of anilines is 1. The Bertz CT molecular complexity index is 1060. The van der Waals surface area contributed by atoms with Crippen molar-refractivity contribution < 1.29 is 8.76 Å². The van der Waals surface area contributed by atoms with Crippen LogP contribution in [-0.2, 0) is 14.6 Å². The van der Waals surface area contributed by atoms with E-state index in [1.54, 1.807) is 12.1 Å². The molecule has 0 spiro atoms. The molecule has 2 aromatic heterocycles. The number of benzene rings is 1. The molecule has 1 saturated heterocycles. The van der Waals surface area contributed by atoms with Crippen LogP contribution in [0.25, 0.3) is 5.65 Å². The van der Waals surface area contributed by atoms with Gasteiger partial charge in [0.25, 0.3) is 0 Å². The van der Waals surface area contributed by atoms with Crippen LogP contribution >= 0.6 is 0 Å². The molecule has 8 nitrogen and oxygen atoms in total. The van der Waals surface area contributed by atoms with Gasteiger partial charge in [-0.15, -0.1) is 20.0 Å². The molecule has 1 aliphatic carbocycles. The minimum absolute atomic E-state index is 0.146. The lowest BCUT2D eigenvalue weighted by atomic mass is 10.2. The van der Waals surface area contributed by atoms with E-state index < -0.39 is 10.4 Å². The minimum atomic E-state index is -3.52. The highest BCUT2D eigenvalue weighted by molar-refractivity contribution is 7.95. The second kappa shape index (κ2) is 6.61. The Morgan fingerprint density at radius 3 is 2.64 bits per heavy atom. The lowest BCUT2D eigenvalue weighted by Crippen LogP contribution is -2.41. The van der Waals surface area contributed by atoms with Crippen molar-refractivity contribution in [3.05, 3.63) is 47.8 Å². The first kappa shape index (κ1) is 17.7. The summed E-state index contributed by atoms with van der Waals surface area (Å²) in [4.78, 5) is 2.41. The van der Waals surface area contributed by atoms with Crippen molar-refractivity contribution in [2.45, 2.75) is 43.0 Å². The Kier molecular flexibility index (Phi) is 4.18. The minimum Gasteiger partial charge on any atom is -0.593 e. The zero-order chi connectivity index (χ0) is 19.3. The molecular formula is C19H22N6O2S. The van der Waals surface area contributed by atoms with Gasteiger partial charge < -0.3 is 9.45 Å². The summed E-state index contributed by atoms with van der Waals surface area (Å²) in [6.45, 7) is 3.28. The van der Waals surface area contributed by atoms with Crippen LogP contribution in [0, 0.1) is 6.92 Å². The molecule has 3 heterocycles. The quantitative estimate of drug-likeness (QED) is 0.661. The highest BCUT2D eigenvalue weighted by atomic mass is 32.3. The first-order chi connectivity index (χ1) is 13.5. The van der Waals surface area contributed by atoms with Crippen LogP contribution in [0.4, 0.5) is 5.82 Å². The van der Waals surface area contributed by atoms with E-state index >= 15 is 0 Å². The smallest absolute Gasteiger partial charge is 0.178 e. The molecule has 1 saturated carbocycles. The molecule has 9 heteroatoms. The van der Waals surface area contributed by atoms with E-state index in [2.05, 4.69) is 19.8 Å². The van der Waals surface area contributed by atoms with E-state index in [-0.39, 0.29) is 6.04 Å². The van der Waals surface area contributed by atoms with Crippen LogP contribution < -0.4 is 9.62 Å². The average molecular weight is 398 g/mol. The number of nitrogens with zero attached hydrogens (tertiary/aromatic N) is 5. The van der Waals surface area contributed by atoms with Crippen molar-refractivity contribution >= 4 is 21.9 Å². The lowest BCUT2D eigenvalue weighted by molar-refractivity contribution is 0.453. The zero-order valence-electron chi connectivity index (χ0n) is 15.6. The topological polar surface area (TPSA) is 98.5 Å².